The third-order valence-electron chi connectivity index (χ3n) is 4.25. The monoisotopic (exact) mass is 262 g/mol. The van der Waals surface area contributed by atoms with Crippen molar-refractivity contribution >= 4 is 0 Å². The van der Waals surface area contributed by atoms with Gasteiger partial charge in [0.25, 0.3) is 0 Å². The molecule has 0 amide bonds. The molecule has 4 rings (SSSR count). The van der Waals surface area contributed by atoms with E-state index in [9.17, 15) is 5.11 Å². The first kappa shape index (κ1) is 12.5. The normalized spacial score (nSPS) is 31.2. The maximum absolute atomic E-state index is 10.4. The van der Waals surface area contributed by atoms with Crippen LogP contribution in [-0.2, 0) is 10.3 Å². The van der Waals surface area contributed by atoms with Gasteiger partial charge in [-0.1, -0.05) is 6.08 Å². The SMILES string of the molecule is COc1ccc(OC)c2c1[C@H]1C=C[C@@]2(OC)[C@H](O)C1. The summed E-state index contributed by atoms with van der Waals surface area (Å²) in [6.07, 6.45) is 4.10. The Morgan fingerprint density at radius 3 is 2.42 bits per heavy atom. The van der Waals surface area contributed by atoms with Gasteiger partial charge in [-0.3, -0.25) is 0 Å². The summed E-state index contributed by atoms with van der Waals surface area (Å²) in [6.45, 7) is 0. The molecule has 3 atom stereocenters. The minimum absolute atomic E-state index is 0.145. The van der Waals surface area contributed by atoms with Crippen LogP contribution in [0, 0.1) is 0 Å². The maximum Gasteiger partial charge on any atom is 0.141 e. The first-order valence-corrected chi connectivity index (χ1v) is 6.36. The van der Waals surface area contributed by atoms with Crippen LogP contribution in [0.15, 0.2) is 24.3 Å². The number of hydrogen-bond donors (Lipinski definition) is 1. The van der Waals surface area contributed by atoms with Crippen LogP contribution in [0.4, 0.5) is 0 Å². The first-order valence-electron chi connectivity index (χ1n) is 6.36. The van der Waals surface area contributed by atoms with E-state index in [0.717, 1.165) is 22.6 Å². The minimum atomic E-state index is -0.829. The second kappa shape index (κ2) is 4.25. The molecule has 2 bridgehead atoms. The highest BCUT2D eigenvalue weighted by atomic mass is 16.5. The molecule has 0 spiro atoms. The Labute approximate surface area is 112 Å². The van der Waals surface area contributed by atoms with Crippen molar-refractivity contribution in [2.24, 2.45) is 0 Å². The van der Waals surface area contributed by atoms with Gasteiger partial charge in [0, 0.05) is 24.2 Å². The zero-order chi connectivity index (χ0) is 13.6. The number of aliphatic hydroxyl groups is 1. The van der Waals surface area contributed by atoms with Gasteiger partial charge in [0.1, 0.15) is 17.1 Å². The largest absolute Gasteiger partial charge is 0.496 e. The van der Waals surface area contributed by atoms with Crippen LogP contribution in [0.5, 0.6) is 11.5 Å². The predicted octanol–water partition coefficient (Wildman–Crippen LogP) is 1.96. The molecule has 102 valence electrons. The summed E-state index contributed by atoms with van der Waals surface area (Å²) in [7, 11) is 4.90. The number of aliphatic hydroxyl groups excluding tert-OH is 1. The first-order chi connectivity index (χ1) is 9.17. The van der Waals surface area contributed by atoms with Gasteiger partial charge < -0.3 is 19.3 Å². The van der Waals surface area contributed by atoms with Crippen molar-refractivity contribution in [3.8, 4) is 11.5 Å². The average molecular weight is 262 g/mol. The van der Waals surface area contributed by atoms with E-state index in [1.54, 1.807) is 21.3 Å². The van der Waals surface area contributed by atoms with Gasteiger partial charge in [0.05, 0.1) is 20.3 Å². The molecule has 1 aromatic rings. The van der Waals surface area contributed by atoms with Crippen LogP contribution in [0.2, 0.25) is 0 Å². The van der Waals surface area contributed by atoms with Gasteiger partial charge in [0.15, 0.2) is 0 Å². The van der Waals surface area contributed by atoms with Crippen molar-refractivity contribution in [3.05, 3.63) is 35.4 Å². The second-order valence-corrected chi connectivity index (χ2v) is 4.97. The zero-order valence-corrected chi connectivity index (χ0v) is 11.3. The van der Waals surface area contributed by atoms with Crippen LogP contribution in [0.25, 0.3) is 0 Å². The van der Waals surface area contributed by atoms with E-state index in [1.807, 2.05) is 18.2 Å². The predicted molar refractivity (Wildman–Crippen MR) is 70.7 cm³/mol. The number of methoxy groups -OCH3 is 3. The summed E-state index contributed by atoms with van der Waals surface area (Å²) in [5, 5.41) is 10.4. The van der Waals surface area contributed by atoms with Crippen LogP contribution in [0.3, 0.4) is 0 Å². The molecule has 4 heteroatoms. The van der Waals surface area contributed by atoms with Crippen LogP contribution < -0.4 is 9.47 Å². The van der Waals surface area contributed by atoms with Crippen LogP contribution in [0.1, 0.15) is 23.5 Å². The fourth-order valence-corrected chi connectivity index (χ4v) is 3.33. The molecule has 0 fully saturated rings. The Morgan fingerprint density at radius 2 is 1.84 bits per heavy atom. The molecular weight excluding hydrogens is 244 g/mol. The van der Waals surface area contributed by atoms with Gasteiger partial charge in [-0.05, 0) is 24.6 Å². The third kappa shape index (κ3) is 1.47. The lowest BCUT2D eigenvalue weighted by Crippen LogP contribution is -2.47. The van der Waals surface area contributed by atoms with Gasteiger partial charge in [-0.2, -0.15) is 0 Å². The summed E-state index contributed by atoms with van der Waals surface area (Å²) in [5.41, 5.74) is 1.13. The fourth-order valence-electron chi connectivity index (χ4n) is 3.33. The van der Waals surface area contributed by atoms with Crippen LogP contribution >= 0.6 is 0 Å². The Balaban J connectivity index is 2.33. The molecule has 19 heavy (non-hydrogen) atoms. The number of rotatable bonds is 3. The van der Waals surface area contributed by atoms with E-state index in [2.05, 4.69) is 6.08 Å². The molecule has 0 heterocycles. The van der Waals surface area contributed by atoms with Crippen molar-refractivity contribution < 1.29 is 19.3 Å². The molecule has 0 radical (unpaired) electrons. The third-order valence-corrected chi connectivity index (χ3v) is 4.25. The lowest BCUT2D eigenvalue weighted by atomic mass is 9.66. The van der Waals surface area contributed by atoms with Gasteiger partial charge in [0.2, 0.25) is 0 Å². The van der Waals surface area contributed by atoms with Gasteiger partial charge in [-0.15, -0.1) is 0 Å². The van der Waals surface area contributed by atoms with Crippen molar-refractivity contribution in [2.45, 2.75) is 24.0 Å². The Bertz CT molecular complexity index is 537. The minimum Gasteiger partial charge on any atom is -0.496 e. The van der Waals surface area contributed by atoms with Crippen molar-refractivity contribution in [3.63, 3.8) is 0 Å². The number of ether oxygens (including phenoxy) is 3. The summed E-state index contributed by atoms with van der Waals surface area (Å²) >= 11 is 0. The van der Waals surface area contributed by atoms with Gasteiger partial charge in [-0.25, -0.2) is 0 Å². The highest BCUT2D eigenvalue weighted by Gasteiger charge is 2.51. The van der Waals surface area contributed by atoms with E-state index in [4.69, 9.17) is 14.2 Å². The molecule has 1 N–H and O–H groups in total. The van der Waals surface area contributed by atoms with Crippen molar-refractivity contribution in [2.75, 3.05) is 21.3 Å². The smallest absolute Gasteiger partial charge is 0.141 e. The quantitative estimate of drug-likeness (QED) is 0.846. The van der Waals surface area contributed by atoms with Gasteiger partial charge >= 0.3 is 0 Å². The highest BCUT2D eigenvalue weighted by Crippen LogP contribution is 2.55. The number of benzene rings is 1. The molecule has 3 aliphatic rings. The highest BCUT2D eigenvalue weighted by molar-refractivity contribution is 5.60. The van der Waals surface area contributed by atoms with Crippen LogP contribution in [-0.4, -0.2) is 32.5 Å². The summed E-state index contributed by atoms with van der Waals surface area (Å²) in [5.74, 6) is 1.69. The Hall–Kier alpha value is -1.52. The topological polar surface area (TPSA) is 47.9 Å². The van der Waals surface area contributed by atoms with Crippen molar-refractivity contribution in [1.82, 2.24) is 0 Å². The number of hydrogen-bond acceptors (Lipinski definition) is 4. The maximum atomic E-state index is 10.4. The summed E-state index contributed by atoms with van der Waals surface area (Å²) in [4.78, 5) is 0. The standard InChI is InChI=1S/C15H18O4/c1-17-10-4-5-11(18-2)14-13(10)9-6-7-15(14,19-3)12(16)8-9/h4-7,9,12,16H,8H2,1-3H3/t9-,12+,15+/m0/s1. The molecule has 0 saturated heterocycles. The number of allylic oxidation sites excluding steroid dienone is 1. The second-order valence-electron chi connectivity index (χ2n) is 4.97. The molecule has 4 nitrogen and oxygen atoms in total. The zero-order valence-electron chi connectivity index (χ0n) is 11.3. The van der Waals surface area contributed by atoms with E-state index >= 15 is 0 Å². The molecule has 0 aromatic heterocycles. The Kier molecular flexibility index (Phi) is 2.80. The molecule has 0 aliphatic heterocycles. The molecule has 1 aromatic carbocycles. The molecule has 0 saturated carbocycles. The molecular formula is C15H18O4. The Morgan fingerprint density at radius 1 is 1.16 bits per heavy atom. The number of fused-ring (bicyclic) bond motifs is 1. The fraction of sp³-hybridized carbons (Fsp3) is 0.467. The average Bonchev–Trinajstić information content (AvgIpc) is 2.46. The van der Waals surface area contributed by atoms with E-state index in [0.29, 0.717) is 6.42 Å². The lowest BCUT2D eigenvalue weighted by Gasteiger charge is -2.46. The summed E-state index contributed by atoms with van der Waals surface area (Å²) in [6, 6.07) is 3.77. The lowest BCUT2D eigenvalue weighted by molar-refractivity contribution is -0.0921. The molecule has 0 unspecified atom stereocenters. The van der Waals surface area contributed by atoms with E-state index < -0.39 is 11.7 Å². The summed E-state index contributed by atoms with van der Waals surface area (Å²) < 4.78 is 16.6. The van der Waals surface area contributed by atoms with Crippen molar-refractivity contribution in [1.29, 1.82) is 0 Å². The molecule has 3 aliphatic carbocycles. The van der Waals surface area contributed by atoms with E-state index in [-0.39, 0.29) is 5.92 Å². The van der Waals surface area contributed by atoms with E-state index in [1.165, 1.54) is 0 Å².